The minimum Gasteiger partial charge on any atom is -0.375 e. The summed E-state index contributed by atoms with van der Waals surface area (Å²) >= 11 is 3.48. The summed E-state index contributed by atoms with van der Waals surface area (Å²) < 4.78 is 6.73. The van der Waals surface area contributed by atoms with Gasteiger partial charge in [-0.05, 0) is 35.5 Å². The Balaban J connectivity index is 2.20. The molecule has 0 saturated carbocycles. The van der Waals surface area contributed by atoms with Crippen molar-refractivity contribution in [1.29, 1.82) is 0 Å². The number of rotatable bonds is 4. The predicted octanol–water partition coefficient (Wildman–Crippen LogP) is 2.18. The summed E-state index contributed by atoms with van der Waals surface area (Å²) in [7, 11) is 1.96. The van der Waals surface area contributed by atoms with E-state index in [4.69, 9.17) is 4.74 Å². The Kier molecular flexibility index (Phi) is 4.97. The first-order chi connectivity index (χ1) is 8.74. The molecule has 1 aliphatic heterocycles. The second-order valence-corrected chi connectivity index (χ2v) is 5.43. The van der Waals surface area contributed by atoms with Gasteiger partial charge in [0.1, 0.15) is 5.82 Å². The number of aromatic nitrogens is 1. The Labute approximate surface area is 117 Å². The molecule has 2 rings (SSSR count). The van der Waals surface area contributed by atoms with Crippen LogP contribution in [-0.4, -0.2) is 37.8 Å². The van der Waals surface area contributed by atoms with Gasteiger partial charge in [-0.3, -0.25) is 0 Å². The Bertz CT molecular complexity index is 400. The number of hydrogen-bond donors (Lipinski definition) is 1. The van der Waals surface area contributed by atoms with Crippen LogP contribution < -0.4 is 10.2 Å². The number of pyridine rings is 1. The molecule has 2 heterocycles. The first-order valence-electron chi connectivity index (χ1n) is 6.40. The highest BCUT2D eigenvalue weighted by molar-refractivity contribution is 9.10. The van der Waals surface area contributed by atoms with Gasteiger partial charge in [-0.25, -0.2) is 4.98 Å². The van der Waals surface area contributed by atoms with Crippen LogP contribution in [0.15, 0.2) is 16.7 Å². The van der Waals surface area contributed by atoms with Crippen molar-refractivity contribution in [3.63, 3.8) is 0 Å². The maximum Gasteiger partial charge on any atom is 0.133 e. The summed E-state index contributed by atoms with van der Waals surface area (Å²) in [6, 6.07) is 2.13. The minimum atomic E-state index is 0.326. The molecular weight excluding hydrogens is 294 g/mol. The molecule has 1 unspecified atom stereocenters. The van der Waals surface area contributed by atoms with Crippen molar-refractivity contribution in [3.05, 3.63) is 22.3 Å². The third-order valence-electron chi connectivity index (χ3n) is 3.17. The van der Waals surface area contributed by atoms with Gasteiger partial charge < -0.3 is 15.0 Å². The van der Waals surface area contributed by atoms with E-state index < -0.39 is 0 Å². The Morgan fingerprint density at radius 2 is 2.44 bits per heavy atom. The van der Waals surface area contributed by atoms with E-state index in [1.54, 1.807) is 0 Å². The fourth-order valence-electron chi connectivity index (χ4n) is 2.24. The van der Waals surface area contributed by atoms with Gasteiger partial charge in [0.15, 0.2) is 0 Å². The highest BCUT2D eigenvalue weighted by atomic mass is 79.9. The second kappa shape index (κ2) is 6.50. The number of nitrogens with zero attached hydrogens (tertiary/aromatic N) is 2. The van der Waals surface area contributed by atoms with E-state index in [2.05, 4.69) is 44.1 Å². The van der Waals surface area contributed by atoms with E-state index in [1.807, 2.05) is 13.2 Å². The van der Waals surface area contributed by atoms with Gasteiger partial charge in [-0.1, -0.05) is 6.92 Å². The summed E-state index contributed by atoms with van der Waals surface area (Å²) in [4.78, 5) is 6.90. The largest absolute Gasteiger partial charge is 0.375 e. The molecule has 0 amide bonds. The molecule has 18 heavy (non-hydrogen) atoms. The van der Waals surface area contributed by atoms with Gasteiger partial charge in [-0.15, -0.1) is 0 Å². The molecule has 1 aromatic rings. The maximum absolute atomic E-state index is 5.71. The van der Waals surface area contributed by atoms with Crippen LogP contribution in [0.4, 0.5) is 5.82 Å². The molecule has 4 nitrogen and oxygen atoms in total. The lowest BCUT2D eigenvalue weighted by Gasteiger charge is -2.34. The molecule has 1 aromatic heterocycles. The molecule has 0 aliphatic carbocycles. The Morgan fingerprint density at radius 3 is 3.17 bits per heavy atom. The van der Waals surface area contributed by atoms with Crippen molar-refractivity contribution in [2.45, 2.75) is 26.0 Å². The molecule has 0 aromatic carbocycles. The van der Waals surface area contributed by atoms with Gasteiger partial charge >= 0.3 is 0 Å². The third kappa shape index (κ3) is 3.22. The Morgan fingerprint density at radius 1 is 1.61 bits per heavy atom. The fraction of sp³-hybridized carbons (Fsp3) is 0.615. The standard InChI is InChI=1S/C13H20BrN3O/c1-3-12-9-17(4-5-18-12)13-10(7-15-2)6-11(14)8-16-13/h6,8,12,15H,3-5,7,9H2,1-2H3. The average molecular weight is 314 g/mol. The molecule has 1 N–H and O–H groups in total. The van der Waals surface area contributed by atoms with Crippen molar-refractivity contribution >= 4 is 21.7 Å². The van der Waals surface area contributed by atoms with Crippen LogP contribution in [0, 0.1) is 0 Å². The van der Waals surface area contributed by atoms with Crippen molar-refractivity contribution in [1.82, 2.24) is 10.3 Å². The van der Waals surface area contributed by atoms with E-state index >= 15 is 0 Å². The molecule has 0 spiro atoms. The zero-order chi connectivity index (χ0) is 13.0. The van der Waals surface area contributed by atoms with E-state index in [9.17, 15) is 0 Å². The fourth-order valence-corrected chi connectivity index (χ4v) is 2.62. The van der Waals surface area contributed by atoms with E-state index in [0.29, 0.717) is 6.10 Å². The molecule has 0 bridgehead atoms. The predicted molar refractivity (Wildman–Crippen MR) is 76.9 cm³/mol. The summed E-state index contributed by atoms with van der Waals surface area (Å²) in [5.41, 5.74) is 1.23. The smallest absolute Gasteiger partial charge is 0.133 e. The second-order valence-electron chi connectivity index (χ2n) is 4.51. The third-order valence-corrected chi connectivity index (χ3v) is 3.60. The minimum absolute atomic E-state index is 0.326. The van der Waals surface area contributed by atoms with Gasteiger partial charge in [-0.2, -0.15) is 0 Å². The number of nitrogens with one attached hydrogen (secondary N) is 1. The molecule has 0 radical (unpaired) electrons. The lowest BCUT2D eigenvalue weighted by atomic mass is 10.2. The zero-order valence-corrected chi connectivity index (χ0v) is 12.5. The first kappa shape index (κ1) is 13.8. The van der Waals surface area contributed by atoms with Crippen LogP contribution in [0.2, 0.25) is 0 Å². The number of anilines is 1. The van der Waals surface area contributed by atoms with E-state index in [1.165, 1.54) is 5.56 Å². The number of hydrogen-bond acceptors (Lipinski definition) is 4. The van der Waals surface area contributed by atoms with Crippen molar-refractivity contribution in [2.75, 3.05) is 31.6 Å². The summed E-state index contributed by atoms with van der Waals surface area (Å²) in [6.07, 6.45) is 3.24. The monoisotopic (exact) mass is 313 g/mol. The zero-order valence-electron chi connectivity index (χ0n) is 10.9. The average Bonchev–Trinajstić information content (AvgIpc) is 2.39. The van der Waals surface area contributed by atoms with Crippen LogP contribution in [0.1, 0.15) is 18.9 Å². The lowest BCUT2D eigenvalue weighted by Crippen LogP contribution is -2.43. The van der Waals surface area contributed by atoms with Crippen LogP contribution in [0.3, 0.4) is 0 Å². The van der Waals surface area contributed by atoms with Gasteiger partial charge in [0.25, 0.3) is 0 Å². The molecular formula is C13H20BrN3O. The van der Waals surface area contributed by atoms with Crippen LogP contribution >= 0.6 is 15.9 Å². The molecule has 1 aliphatic rings. The number of ether oxygens (including phenoxy) is 1. The summed E-state index contributed by atoms with van der Waals surface area (Å²) in [5.74, 6) is 1.08. The van der Waals surface area contributed by atoms with E-state index in [0.717, 1.165) is 43.0 Å². The molecule has 5 heteroatoms. The summed E-state index contributed by atoms with van der Waals surface area (Å²) in [6.45, 7) is 5.63. The topological polar surface area (TPSA) is 37.4 Å². The quantitative estimate of drug-likeness (QED) is 0.924. The highest BCUT2D eigenvalue weighted by Crippen LogP contribution is 2.23. The van der Waals surface area contributed by atoms with Gasteiger partial charge in [0.2, 0.25) is 0 Å². The molecule has 1 atom stereocenters. The maximum atomic E-state index is 5.71. The Hall–Kier alpha value is -0.650. The number of halogens is 1. The van der Waals surface area contributed by atoms with Crippen LogP contribution in [0.25, 0.3) is 0 Å². The van der Waals surface area contributed by atoms with Crippen molar-refractivity contribution in [3.8, 4) is 0 Å². The van der Waals surface area contributed by atoms with Gasteiger partial charge in [0.05, 0.1) is 12.7 Å². The van der Waals surface area contributed by atoms with E-state index in [-0.39, 0.29) is 0 Å². The van der Waals surface area contributed by atoms with Crippen LogP contribution in [0.5, 0.6) is 0 Å². The normalized spacial score (nSPS) is 20.2. The molecule has 1 saturated heterocycles. The highest BCUT2D eigenvalue weighted by Gasteiger charge is 2.21. The molecule has 100 valence electrons. The van der Waals surface area contributed by atoms with Gasteiger partial charge in [0, 0.05) is 35.9 Å². The van der Waals surface area contributed by atoms with Crippen LogP contribution in [-0.2, 0) is 11.3 Å². The van der Waals surface area contributed by atoms with Crippen molar-refractivity contribution in [2.24, 2.45) is 0 Å². The first-order valence-corrected chi connectivity index (χ1v) is 7.19. The van der Waals surface area contributed by atoms with Crippen molar-refractivity contribution < 1.29 is 4.74 Å². The lowest BCUT2D eigenvalue weighted by molar-refractivity contribution is 0.0381. The number of morpholine rings is 1. The summed E-state index contributed by atoms with van der Waals surface area (Å²) in [5, 5.41) is 3.20. The SMILES string of the molecule is CCC1CN(c2ncc(Br)cc2CNC)CCO1. The molecule has 1 fully saturated rings.